The quantitative estimate of drug-likeness (QED) is 0.756. The van der Waals surface area contributed by atoms with Gasteiger partial charge < -0.3 is 9.64 Å². The first-order valence-corrected chi connectivity index (χ1v) is 7.28. The van der Waals surface area contributed by atoms with Gasteiger partial charge in [0.1, 0.15) is 5.75 Å². The summed E-state index contributed by atoms with van der Waals surface area (Å²) in [6.45, 7) is 8.25. The molecule has 114 valence electrons. The molecule has 0 aliphatic carbocycles. The number of hydrogen-bond acceptors (Lipinski definition) is 2. The molecule has 2 rings (SSSR count). The predicted octanol–water partition coefficient (Wildman–Crippen LogP) is 3.90. The molecule has 0 saturated carbocycles. The molecular formula is C19H21NO2. The third-order valence-corrected chi connectivity index (χ3v) is 3.52. The van der Waals surface area contributed by atoms with Gasteiger partial charge in [0.25, 0.3) is 5.91 Å². The Kier molecular flexibility index (Phi) is 5.37. The lowest BCUT2D eigenvalue weighted by Gasteiger charge is -2.21. The molecule has 0 spiro atoms. The first-order valence-electron chi connectivity index (χ1n) is 7.28. The van der Waals surface area contributed by atoms with Gasteiger partial charge in [-0.3, -0.25) is 4.79 Å². The van der Waals surface area contributed by atoms with Crippen LogP contribution in [0.1, 0.15) is 11.1 Å². The van der Waals surface area contributed by atoms with Gasteiger partial charge in [0.15, 0.2) is 6.61 Å². The standard InChI is InChI=1S/C19H21NO2/c1-4-12-20(17-8-6-5-7-9-17)19(21)14-22-18-11-10-15(2)16(3)13-18/h4-11,13H,1,12,14H2,2-3H3. The van der Waals surface area contributed by atoms with Crippen molar-refractivity contribution in [2.24, 2.45) is 0 Å². The number of amides is 1. The lowest BCUT2D eigenvalue weighted by atomic mass is 10.1. The summed E-state index contributed by atoms with van der Waals surface area (Å²) in [4.78, 5) is 14.1. The van der Waals surface area contributed by atoms with Gasteiger partial charge in [-0.25, -0.2) is 0 Å². The average Bonchev–Trinajstić information content (AvgIpc) is 2.54. The molecule has 0 aromatic heterocycles. The van der Waals surface area contributed by atoms with E-state index in [1.807, 2.05) is 62.4 Å². The number of rotatable bonds is 6. The Morgan fingerprint density at radius 3 is 2.50 bits per heavy atom. The van der Waals surface area contributed by atoms with Gasteiger partial charge in [-0.05, 0) is 49.2 Å². The van der Waals surface area contributed by atoms with Crippen molar-refractivity contribution in [3.63, 3.8) is 0 Å². The lowest BCUT2D eigenvalue weighted by molar-refractivity contribution is -0.120. The smallest absolute Gasteiger partial charge is 0.265 e. The van der Waals surface area contributed by atoms with E-state index in [4.69, 9.17) is 4.74 Å². The highest BCUT2D eigenvalue weighted by Crippen LogP contribution is 2.17. The maximum atomic E-state index is 12.4. The zero-order valence-corrected chi connectivity index (χ0v) is 13.1. The maximum absolute atomic E-state index is 12.4. The van der Waals surface area contributed by atoms with Crippen molar-refractivity contribution in [3.8, 4) is 5.75 Å². The monoisotopic (exact) mass is 295 g/mol. The maximum Gasteiger partial charge on any atom is 0.265 e. The zero-order chi connectivity index (χ0) is 15.9. The molecule has 1 amide bonds. The van der Waals surface area contributed by atoms with Crippen LogP contribution in [0, 0.1) is 13.8 Å². The van der Waals surface area contributed by atoms with Crippen LogP contribution in [0.5, 0.6) is 5.75 Å². The summed E-state index contributed by atoms with van der Waals surface area (Å²) < 4.78 is 5.63. The van der Waals surface area contributed by atoms with E-state index in [1.165, 1.54) is 5.56 Å². The summed E-state index contributed by atoms with van der Waals surface area (Å²) in [5.74, 6) is 0.618. The summed E-state index contributed by atoms with van der Waals surface area (Å²) in [5, 5.41) is 0. The van der Waals surface area contributed by atoms with E-state index in [-0.39, 0.29) is 12.5 Å². The lowest BCUT2D eigenvalue weighted by Crippen LogP contribution is -2.35. The summed E-state index contributed by atoms with van der Waals surface area (Å²) in [5.41, 5.74) is 3.20. The van der Waals surface area contributed by atoms with Crippen LogP contribution in [-0.4, -0.2) is 19.1 Å². The third kappa shape index (κ3) is 3.98. The van der Waals surface area contributed by atoms with Gasteiger partial charge in [-0.1, -0.05) is 30.3 Å². The molecule has 0 fully saturated rings. The highest BCUT2D eigenvalue weighted by molar-refractivity contribution is 5.94. The second-order valence-electron chi connectivity index (χ2n) is 5.16. The Hall–Kier alpha value is -2.55. The number of aryl methyl sites for hydroxylation is 2. The van der Waals surface area contributed by atoms with Crippen LogP contribution >= 0.6 is 0 Å². The van der Waals surface area contributed by atoms with Crippen molar-refractivity contribution >= 4 is 11.6 Å². The van der Waals surface area contributed by atoms with Gasteiger partial charge in [-0.15, -0.1) is 6.58 Å². The van der Waals surface area contributed by atoms with Crippen molar-refractivity contribution in [3.05, 3.63) is 72.3 Å². The molecule has 2 aromatic carbocycles. The summed E-state index contributed by atoms with van der Waals surface area (Å²) in [7, 11) is 0. The second-order valence-corrected chi connectivity index (χ2v) is 5.16. The molecule has 0 bridgehead atoms. The Balaban J connectivity index is 2.05. The molecule has 22 heavy (non-hydrogen) atoms. The van der Waals surface area contributed by atoms with Crippen molar-refractivity contribution in [1.29, 1.82) is 0 Å². The minimum absolute atomic E-state index is 0.00519. The number of para-hydroxylation sites is 1. The fourth-order valence-corrected chi connectivity index (χ4v) is 2.11. The zero-order valence-electron chi connectivity index (χ0n) is 13.1. The molecule has 3 nitrogen and oxygen atoms in total. The van der Waals surface area contributed by atoms with Crippen LogP contribution in [-0.2, 0) is 4.79 Å². The van der Waals surface area contributed by atoms with Crippen LogP contribution in [0.3, 0.4) is 0 Å². The van der Waals surface area contributed by atoms with Crippen molar-refractivity contribution < 1.29 is 9.53 Å². The van der Waals surface area contributed by atoms with Crippen LogP contribution in [0.4, 0.5) is 5.69 Å². The Morgan fingerprint density at radius 2 is 1.86 bits per heavy atom. The third-order valence-electron chi connectivity index (χ3n) is 3.52. The van der Waals surface area contributed by atoms with Crippen molar-refractivity contribution in [1.82, 2.24) is 0 Å². The molecule has 2 aromatic rings. The SMILES string of the molecule is C=CCN(C(=O)COc1ccc(C)c(C)c1)c1ccccc1. The summed E-state index contributed by atoms with van der Waals surface area (Å²) in [6, 6.07) is 15.4. The molecule has 0 N–H and O–H groups in total. The summed E-state index contributed by atoms with van der Waals surface area (Å²) in [6.07, 6.45) is 1.71. The topological polar surface area (TPSA) is 29.5 Å². The van der Waals surface area contributed by atoms with Gasteiger partial charge in [0, 0.05) is 12.2 Å². The van der Waals surface area contributed by atoms with Gasteiger partial charge in [-0.2, -0.15) is 0 Å². The second kappa shape index (κ2) is 7.46. The van der Waals surface area contributed by atoms with Gasteiger partial charge in [0.05, 0.1) is 0 Å². The van der Waals surface area contributed by atoms with Crippen LogP contribution < -0.4 is 9.64 Å². The molecular weight excluding hydrogens is 274 g/mol. The number of carbonyl (C=O) groups is 1. The molecule has 0 radical (unpaired) electrons. The van der Waals surface area contributed by atoms with E-state index in [0.29, 0.717) is 12.3 Å². The minimum atomic E-state index is -0.0932. The fraction of sp³-hybridized carbons (Fsp3) is 0.211. The number of hydrogen-bond donors (Lipinski definition) is 0. The molecule has 0 aliphatic rings. The highest BCUT2D eigenvalue weighted by Gasteiger charge is 2.14. The van der Waals surface area contributed by atoms with E-state index < -0.39 is 0 Å². The molecule has 3 heteroatoms. The van der Waals surface area contributed by atoms with Crippen molar-refractivity contribution in [2.75, 3.05) is 18.1 Å². The van der Waals surface area contributed by atoms with E-state index in [0.717, 1.165) is 11.3 Å². The Bertz CT molecular complexity index is 650. The highest BCUT2D eigenvalue weighted by atomic mass is 16.5. The Labute approximate surface area is 131 Å². The first kappa shape index (κ1) is 15.8. The number of ether oxygens (including phenoxy) is 1. The number of benzene rings is 2. The fourth-order valence-electron chi connectivity index (χ4n) is 2.11. The first-order chi connectivity index (χ1) is 10.6. The average molecular weight is 295 g/mol. The number of carbonyl (C=O) groups excluding carboxylic acids is 1. The van der Waals surface area contributed by atoms with E-state index in [1.54, 1.807) is 11.0 Å². The molecule has 0 heterocycles. The van der Waals surface area contributed by atoms with Gasteiger partial charge >= 0.3 is 0 Å². The number of anilines is 1. The minimum Gasteiger partial charge on any atom is -0.484 e. The number of nitrogens with zero attached hydrogens (tertiary/aromatic N) is 1. The van der Waals surface area contributed by atoms with Gasteiger partial charge in [0.2, 0.25) is 0 Å². The largest absolute Gasteiger partial charge is 0.484 e. The summed E-state index contributed by atoms with van der Waals surface area (Å²) >= 11 is 0. The van der Waals surface area contributed by atoms with Crippen LogP contribution in [0.15, 0.2) is 61.2 Å². The van der Waals surface area contributed by atoms with Crippen LogP contribution in [0.25, 0.3) is 0 Å². The van der Waals surface area contributed by atoms with E-state index in [9.17, 15) is 4.79 Å². The van der Waals surface area contributed by atoms with E-state index >= 15 is 0 Å². The molecule has 0 unspecified atom stereocenters. The molecule has 0 atom stereocenters. The normalized spacial score (nSPS) is 10.1. The molecule has 0 aliphatic heterocycles. The molecule has 0 saturated heterocycles. The van der Waals surface area contributed by atoms with Crippen molar-refractivity contribution in [2.45, 2.75) is 13.8 Å². The van der Waals surface area contributed by atoms with E-state index in [2.05, 4.69) is 6.58 Å². The Morgan fingerprint density at radius 1 is 1.14 bits per heavy atom. The van der Waals surface area contributed by atoms with Crippen LogP contribution in [0.2, 0.25) is 0 Å². The predicted molar refractivity (Wildman–Crippen MR) is 90.4 cm³/mol.